The number of carbonyl (C=O) groups excluding carboxylic acids is 3. The van der Waals surface area contributed by atoms with Crippen LogP contribution in [0.25, 0.3) is 6.08 Å². The number of nitrogens with zero attached hydrogens (tertiary/aromatic N) is 1. The molecule has 0 aromatic heterocycles. The number of ether oxygens (including phenoxy) is 1. The molecule has 0 bridgehead atoms. The van der Waals surface area contributed by atoms with Crippen LogP contribution in [0, 0.1) is 18.2 Å². The van der Waals surface area contributed by atoms with E-state index in [-0.39, 0.29) is 18.0 Å². The zero-order valence-electron chi connectivity index (χ0n) is 15.7. The van der Waals surface area contributed by atoms with Crippen molar-refractivity contribution in [1.29, 1.82) is 0 Å². The van der Waals surface area contributed by atoms with Gasteiger partial charge in [0.1, 0.15) is 30.4 Å². The number of rotatable bonds is 6. The van der Waals surface area contributed by atoms with E-state index >= 15 is 0 Å². The lowest BCUT2D eigenvalue weighted by Crippen LogP contribution is -2.38. The van der Waals surface area contributed by atoms with E-state index in [4.69, 9.17) is 11.2 Å². The fourth-order valence-electron chi connectivity index (χ4n) is 2.69. The van der Waals surface area contributed by atoms with Gasteiger partial charge < -0.3 is 15.4 Å². The maximum Gasteiger partial charge on any atom is 0.329 e. The molecule has 1 heterocycles. The van der Waals surface area contributed by atoms with E-state index in [1.54, 1.807) is 18.2 Å². The summed E-state index contributed by atoms with van der Waals surface area (Å²) < 4.78 is 20.3. The number of terminal acetylenes is 1. The second kappa shape index (κ2) is 9.76. The molecule has 1 saturated heterocycles. The number of anilines is 1. The van der Waals surface area contributed by atoms with Crippen LogP contribution in [0.2, 0.25) is 0 Å². The van der Waals surface area contributed by atoms with E-state index in [0.717, 1.165) is 4.90 Å². The van der Waals surface area contributed by atoms with Gasteiger partial charge in [0.15, 0.2) is 0 Å². The molecule has 2 aromatic rings. The Morgan fingerprint density at radius 3 is 2.58 bits per heavy atom. The van der Waals surface area contributed by atoms with Gasteiger partial charge in [-0.1, -0.05) is 18.1 Å². The van der Waals surface area contributed by atoms with Gasteiger partial charge in [-0.2, -0.15) is 0 Å². The van der Waals surface area contributed by atoms with Crippen molar-refractivity contribution in [3.8, 4) is 18.1 Å². The van der Waals surface area contributed by atoms with Crippen LogP contribution < -0.4 is 15.4 Å². The van der Waals surface area contributed by atoms with Gasteiger partial charge in [0, 0.05) is 0 Å². The van der Waals surface area contributed by atoms with Crippen LogP contribution in [0.1, 0.15) is 5.56 Å². The number of carbonyl (C=O) groups is 3. The van der Waals surface area contributed by atoms with Crippen LogP contribution >= 0.6 is 31.9 Å². The molecule has 0 saturated carbocycles. The highest BCUT2D eigenvalue weighted by Crippen LogP contribution is 2.35. The van der Waals surface area contributed by atoms with E-state index in [0.29, 0.717) is 20.3 Å². The van der Waals surface area contributed by atoms with Crippen LogP contribution in [0.5, 0.6) is 5.75 Å². The van der Waals surface area contributed by atoms with Gasteiger partial charge in [-0.05, 0) is 67.8 Å². The number of hydrogen-bond donors (Lipinski definition) is 2. The van der Waals surface area contributed by atoms with Crippen LogP contribution in [0.3, 0.4) is 0 Å². The number of imide groups is 1. The number of para-hydroxylation sites is 1. The molecule has 0 atom stereocenters. The van der Waals surface area contributed by atoms with Crippen LogP contribution in [0.15, 0.2) is 51.0 Å². The molecule has 3 rings (SSSR count). The summed E-state index contributed by atoms with van der Waals surface area (Å²) in [7, 11) is 0. The molecule has 0 spiro atoms. The zero-order valence-corrected chi connectivity index (χ0v) is 18.9. The highest BCUT2D eigenvalue weighted by Gasteiger charge is 2.35. The molecule has 1 fully saturated rings. The molecule has 10 heteroatoms. The van der Waals surface area contributed by atoms with Gasteiger partial charge in [-0.15, -0.1) is 6.42 Å². The SMILES string of the molecule is C#CCOc1c(Br)cc(/C=C2/NC(=O)N(CC(=O)Nc3ccccc3F)C2=O)cc1Br. The molecule has 1 aliphatic heterocycles. The summed E-state index contributed by atoms with van der Waals surface area (Å²) in [5.41, 5.74) is 0.519. The lowest BCUT2D eigenvalue weighted by Gasteiger charge is -2.12. The third kappa shape index (κ3) is 5.31. The lowest BCUT2D eigenvalue weighted by molar-refractivity contribution is -0.127. The van der Waals surface area contributed by atoms with Gasteiger partial charge in [-0.3, -0.25) is 9.59 Å². The number of benzene rings is 2. The Balaban J connectivity index is 1.74. The number of halogens is 3. The number of nitrogens with one attached hydrogen (secondary N) is 2. The molecule has 2 N–H and O–H groups in total. The molecular formula is C21H14Br2FN3O4. The zero-order chi connectivity index (χ0) is 22.5. The van der Waals surface area contributed by atoms with Crippen molar-refractivity contribution < 1.29 is 23.5 Å². The van der Waals surface area contributed by atoms with Crippen molar-refractivity contribution in [1.82, 2.24) is 10.2 Å². The monoisotopic (exact) mass is 549 g/mol. The van der Waals surface area contributed by atoms with E-state index < -0.39 is 30.2 Å². The Hall–Kier alpha value is -3.16. The molecule has 2 aromatic carbocycles. The maximum atomic E-state index is 13.7. The van der Waals surface area contributed by atoms with Crippen molar-refractivity contribution in [2.24, 2.45) is 0 Å². The van der Waals surface area contributed by atoms with Crippen LogP contribution in [0.4, 0.5) is 14.9 Å². The first-order valence-corrected chi connectivity index (χ1v) is 10.3. The molecule has 158 valence electrons. The summed E-state index contributed by atoms with van der Waals surface area (Å²) in [6.07, 6.45) is 6.65. The molecule has 31 heavy (non-hydrogen) atoms. The van der Waals surface area contributed by atoms with Gasteiger partial charge in [-0.25, -0.2) is 14.1 Å². The minimum Gasteiger partial charge on any atom is -0.479 e. The summed E-state index contributed by atoms with van der Waals surface area (Å²) in [5.74, 6) is 0.836. The minimum atomic E-state index is -0.757. The second-order valence-corrected chi connectivity index (χ2v) is 7.92. The van der Waals surface area contributed by atoms with E-state index in [1.165, 1.54) is 24.3 Å². The van der Waals surface area contributed by atoms with Crippen LogP contribution in [-0.4, -0.2) is 35.9 Å². The average Bonchev–Trinajstić information content (AvgIpc) is 2.96. The van der Waals surface area contributed by atoms with Crippen molar-refractivity contribution in [3.05, 3.63) is 62.4 Å². The van der Waals surface area contributed by atoms with Crippen molar-refractivity contribution in [2.75, 3.05) is 18.5 Å². The van der Waals surface area contributed by atoms with E-state index in [9.17, 15) is 18.8 Å². The standard InChI is InChI=1S/C21H14Br2FN3O4/c1-2-7-31-19-13(22)8-12(9-14(19)23)10-17-20(29)27(21(30)26-17)11-18(28)25-16-6-4-3-5-15(16)24/h1,3-6,8-10H,7,11H2,(H,25,28)(H,26,30)/b17-10+. The van der Waals surface area contributed by atoms with Crippen LogP contribution in [-0.2, 0) is 9.59 Å². The third-order valence-electron chi connectivity index (χ3n) is 4.04. The van der Waals surface area contributed by atoms with E-state index in [1.807, 2.05) is 0 Å². The molecule has 0 unspecified atom stereocenters. The molecule has 7 nitrogen and oxygen atoms in total. The first-order valence-electron chi connectivity index (χ1n) is 8.74. The predicted octanol–water partition coefficient (Wildman–Crippen LogP) is 3.89. The fraction of sp³-hybridized carbons (Fsp3) is 0.0952. The van der Waals surface area contributed by atoms with Gasteiger partial charge in [0.25, 0.3) is 5.91 Å². The summed E-state index contributed by atoms with van der Waals surface area (Å²) in [6, 6.07) is 8.18. The molecular weight excluding hydrogens is 537 g/mol. The number of urea groups is 1. The van der Waals surface area contributed by atoms with Crippen molar-refractivity contribution in [3.63, 3.8) is 0 Å². The summed E-state index contributed by atoms with van der Waals surface area (Å²) in [4.78, 5) is 37.7. The smallest absolute Gasteiger partial charge is 0.329 e. The first-order chi connectivity index (χ1) is 14.8. The summed E-state index contributed by atoms with van der Waals surface area (Å²) in [5, 5.41) is 4.76. The Kier molecular flexibility index (Phi) is 7.09. The average molecular weight is 551 g/mol. The first kappa shape index (κ1) is 22.5. The lowest BCUT2D eigenvalue weighted by atomic mass is 10.2. The fourth-order valence-corrected chi connectivity index (χ4v) is 4.14. The minimum absolute atomic E-state index is 0.0141. The van der Waals surface area contributed by atoms with E-state index in [2.05, 4.69) is 48.4 Å². The second-order valence-electron chi connectivity index (χ2n) is 6.21. The Morgan fingerprint density at radius 1 is 1.26 bits per heavy atom. The molecule has 0 aliphatic carbocycles. The quantitative estimate of drug-likeness (QED) is 0.324. The maximum absolute atomic E-state index is 13.7. The Labute approximate surface area is 193 Å². The highest BCUT2D eigenvalue weighted by atomic mass is 79.9. The van der Waals surface area contributed by atoms with Gasteiger partial charge >= 0.3 is 6.03 Å². The molecule has 1 aliphatic rings. The number of amides is 4. The predicted molar refractivity (Wildman–Crippen MR) is 119 cm³/mol. The topological polar surface area (TPSA) is 87.7 Å². The summed E-state index contributed by atoms with van der Waals surface area (Å²) in [6.45, 7) is -0.487. The number of hydrogen-bond acceptors (Lipinski definition) is 4. The largest absolute Gasteiger partial charge is 0.479 e. The third-order valence-corrected chi connectivity index (χ3v) is 5.22. The van der Waals surface area contributed by atoms with Crippen molar-refractivity contribution >= 4 is 61.5 Å². The molecule has 4 amide bonds. The Bertz CT molecular complexity index is 1120. The normalized spacial score (nSPS) is 14.4. The van der Waals surface area contributed by atoms with Crippen molar-refractivity contribution in [2.45, 2.75) is 0 Å². The van der Waals surface area contributed by atoms with Gasteiger partial charge in [0.05, 0.1) is 14.6 Å². The van der Waals surface area contributed by atoms with Gasteiger partial charge in [0.2, 0.25) is 5.91 Å². The Morgan fingerprint density at radius 2 is 1.94 bits per heavy atom. The molecule has 0 radical (unpaired) electrons. The highest BCUT2D eigenvalue weighted by molar-refractivity contribution is 9.11. The summed E-state index contributed by atoms with van der Waals surface area (Å²) >= 11 is 6.73.